The molecule has 0 fully saturated rings. The van der Waals surface area contributed by atoms with Gasteiger partial charge < -0.3 is 9.47 Å². The molecule has 0 aliphatic rings. The molecular weight excluding hydrogens is 261 g/mol. The molecular formula is C13H13F3O3. The van der Waals surface area contributed by atoms with E-state index in [2.05, 4.69) is 4.74 Å². The maximum Gasteiger partial charge on any atom is 0.573 e. The summed E-state index contributed by atoms with van der Waals surface area (Å²) in [5.74, 6) is -0.942. The molecule has 6 heteroatoms. The minimum Gasteiger partial charge on any atom is -0.463 e. The van der Waals surface area contributed by atoms with Crippen LogP contribution in [0.4, 0.5) is 13.2 Å². The van der Waals surface area contributed by atoms with Crippen molar-refractivity contribution >= 4 is 12.0 Å². The lowest BCUT2D eigenvalue weighted by molar-refractivity contribution is -0.274. The largest absolute Gasteiger partial charge is 0.573 e. The van der Waals surface area contributed by atoms with Gasteiger partial charge in [0.05, 0.1) is 6.61 Å². The Morgan fingerprint density at radius 1 is 1.32 bits per heavy atom. The molecule has 0 aliphatic heterocycles. The molecule has 0 bridgehead atoms. The number of hydrogen-bond acceptors (Lipinski definition) is 3. The highest BCUT2D eigenvalue weighted by Crippen LogP contribution is 2.27. The number of carbonyl (C=O) groups is 1. The van der Waals surface area contributed by atoms with Crippen LogP contribution in [0.5, 0.6) is 5.75 Å². The van der Waals surface area contributed by atoms with Crippen molar-refractivity contribution in [1.29, 1.82) is 0 Å². The molecule has 0 saturated heterocycles. The minimum atomic E-state index is -4.78. The van der Waals surface area contributed by atoms with Gasteiger partial charge in [-0.15, -0.1) is 13.2 Å². The normalized spacial score (nSPS) is 12.2. The van der Waals surface area contributed by atoms with Crippen LogP contribution in [0.3, 0.4) is 0 Å². The summed E-state index contributed by atoms with van der Waals surface area (Å²) >= 11 is 0. The summed E-state index contributed by atoms with van der Waals surface area (Å²) in [5.41, 5.74) is 0.352. The minimum absolute atomic E-state index is 0.158. The highest BCUT2D eigenvalue weighted by atomic mass is 19.4. The lowest BCUT2D eigenvalue weighted by Crippen LogP contribution is -2.17. The van der Waals surface area contributed by atoms with Crippen molar-refractivity contribution in [3.05, 3.63) is 35.4 Å². The molecule has 0 radical (unpaired) electrons. The fraction of sp³-hybridized carbons (Fsp3) is 0.308. The van der Waals surface area contributed by atoms with Crippen LogP contribution >= 0.6 is 0 Å². The monoisotopic (exact) mass is 274 g/mol. The molecule has 104 valence electrons. The third kappa shape index (κ3) is 5.03. The van der Waals surface area contributed by atoms with Crippen LogP contribution in [0.2, 0.25) is 0 Å². The van der Waals surface area contributed by atoms with E-state index in [9.17, 15) is 18.0 Å². The topological polar surface area (TPSA) is 35.5 Å². The third-order valence-corrected chi connectivity index (χ3v) is 2.11. The van der Waals surface area contributed by atoms with Gasteiger partial charge in [-0.2, -0.15) is 0 Å². The van der Waals surface area contributed by atoms with E-state index in [1.54, 1.807) is 13.0 Å². The fourth-order valence-corrected chi connectivity index (χ4v) is 1.35. The Labute approximate surface area is 108 Å². The van der Waals surface area contributed by atoms with Gasteiger partial charge in [-0.05, 0) is 26.0 Å². The lowest BCUT2D eigenvalue weighted by atomic mass is 10.1. The van der Waals surface area contributed by atoms with Gasteiger partial charge in [0.25, 0.3) is 0 Å². The van der Waals surface area contributed by atoms with Crippen molar-refractivity contribution in [2.24, 2.45) is 0 Å². The maximum absolute atomic E-state index is 12.2. The van der Waals surface area contributed by atoms with Crippen molar-refractivity contribution in [3.8, 4) is 5.75 Å². The molecule has 0 atom stereocenters. The van der Waals surface area contributed by atoms with E-state index in [1.807, 2.05) is 0 Å². The Bertz CT molecular complexity index is 478. The zero-order valence-electron chi connectivity index (χ0n) is 10.5. The van der Waals surface area contributed by atoms with Gasteiger partial charge in [-0.1, -0.05) is 18.2 Å². The predicted molar refractivity (Wildman–Crippen MR) is 63.4 cm³/mol. The molecule has 0 aliphatic carbocycles. The number of esters is 1. The van der Waals surface area contributed by atoms with Gasteiger partial charge in [-0.25, -0.2) is 4.79 Å². The molecule has 1 aromatic carbocycles. The number of halogens is 3. The van der Waals surface area contributed by atoms with Crippen molar-refractivity contribution in [3.63, 3.8) is 0 Å². The summed E-state index contributed by atoms with van der Waals surface area (Å²) in [6.45, 7) is 3.30. The third-order valence-electron chi connectivity index (χ3n) is 2.11. The number of alkyl halides is 3. The molecule has 0 amide bonds. The van der Waals surface area contributed by atoms with Crippen molar-refractivity contribution in [2.75, 3.05) is 6.61 Å². The zero-order chi connectivity index (χ0) is 14.5. The second-order valence-corrected chi connectivity index (χ2v) is 3.63. The molecule has 0 aromatic heterocycles. The summed E-state index contributed by atoms with van der Waals surface area (Å²) in [4.78, 5) is 11.4. The SMILES string of the molecule is CCOC(=O)/C(C)=C/c1ccccc1OC(F)(F)F. The summed E-state index contributed by atoms with van der Waals surface area (Å²) in [7, 11) is 0. The molecule has 0 heterocycles. The smallest absolute Gasteiger partial charge is 0.463 e. The van der Waals surface area contributed by atoms with Crippen LogP contribution in [0.15, 0.2) is 29.8 Å². The van der Waals surface area contributed by atoms with Gasteiger partial charge >= 0.3 is 12.3 Å². The molecule has 0 spiro atoms. The van der Waals surface area contributed by atoms with E-state index in [0.29, 0.717) is 0 Å². The Morgan fingerprint density at radius 2 is 1.95 bits per heavy atom. The summed E-state index contributed by atoms with van der Waals surface area (Å²) in [6, 6.07) is 5.56. The first-order valence-corrected chi connectivity index (χ1v) is 5.53. The average molecular weight is 274 g/mol. The number of rotatable bonds is 4. The highest BCUT2D eigenvalue weighted by molar-refractivity contribution is 5.93. The maximum atomic E-state index is 12.2. The number of hydrogen-bond donors (Lipinski definition) is 0. The van der Waals surface area contributed by atoms with Gasteiger partial charge in [0, 0.05) is 11.1 Å². The second kappa shape index (κ2) is 6.26. The molecule has 3 nitrogen and oxygen atoms in total. The van der Waals surface area contributed by atoms with Crippen LogP contribution in [0, 0.1) is 0 Å². The molecule has 0 N–H and O–H groups in total. The van der Waals surface area contributed by atoms with E-state index < -0.39 is 12.3 Å². The first kappa shape index (κ1) is 15.1. The first-order chi connectivity index (χ1) is 8.83. The number of para-hydroxylation sites is 1. The van der Waals surface area contributed by atoms with Gasteiger partial charge in [-0.3, -0.25) is 0 Å². The Hall–Kier alpha value is -1.98. The van der Waals surface area contributed by atoms with E-state index in [-0.39, 0.29) is 23.5 Å². The van der Waals surface area contributed by atoms with E-state index in [0.717, 1.165) is 0 Å². The average Bonchev–Trinajstić information content (AvgIpc) is 2.30. The van der Waals surface area contributed by atoms with Gasteiger partial charge in [0.15, 0.2) is 0 Å². The lowest BCUT2D eigenvalue weighted by Gasteiger charge is -2.11. The van der Waals surface area contributed by atoms with Crippen molar-refractivity contribution in [1.82, 2.24) is 0 Å². The summed E-state index contributed by atoms with van der Waals surface area (Å²) < 4.78 is 45.2. The second-order valence-electron chi connectivity index (χ2n) is 3.63. The van der Waals surface area contributed by atoms with Crippen LogP contribution in [-0.4, -0.2) is 18.9 Å². The number of carbonyl (C=O) groups excluding carboxylic acids is 1. The van der Waals surface area contributed by atoms with Gasteiger partial charge in [0.2, 0.25) is 0 Å². The van der Waals surface area contributed by atoms with Gasteiger partial charge in [0.1, 0.15) is 5.75 Å². The van der Waals surface area contributed by atoms with E-state index >= 15 is 0 Å². The van der Waals surface area contributed by atoms with Crippen LogP contribution in [0.25, 0.3) is 6.08 Å². The first-order valence-electron chi connectivity index (χ1n) is 5.53. The Morgan fingerprint density at radius 3 is 2.53 bits per heavy atom. The van der Waals surface area contributed by atoms with Crippen LogP contribution in [0.1, 0.15) is 19.4 Å². The standard InChI is InChI=1S/C13H13F3O3/c1-3-18-12(17)9(2)8-10-6-4-5-7-11(10)19-13(14,15)16/h4-8H,3H2,1-2H3/b9-8+. The molecule has 0 unspecified atom stereocenters. The predicted octanol–water partition coefficient (Wildman–Crippen LogP) is 3.55. The zero-order valence-corrected chi connectivity index (χ0v) is 10.5. The summed E-state index contributed by atoms with van der Waals surface area (Å²) in [5, 5.41) is 0. The van der Waals surface area contributed by atoms with Crippen LogP contribution in [-0.2, 0) is 9.53 Å². The molecule has 1 aromatic rings. The Balaban J connectivity index is 3.01. The van der Waals surface area contributed by atoms with E-state index in [1.165, 1.54) is 31.2 Å². The highest BCUT2D eigenvalue weighted by Gasteiger charge is 2.31. The number of ether oxygens (including phenoxy) is 2. The Kier molecular flexibility index (Phi) is 4.97. The van der Waals surface area contributed by atoms with E-state index in [4.69, 9.17) is 4.74 Å². The molecule has 1 rings (SSSR count). The fourth-order valence-electron chi connectivity index (χ4n) is 1.35. The summed E-state index contributed by atoms with van der Waals surface area (Å²) in [6.07, 6.45) is -3.49. The number of benzene rings is 1. The van der Waals surface area contributed by atoms with Crippen molar-refractivity contribution in [2.45, 2.75) is 20.2 Å². The molecule has 19 heavy (non-hydrogen) atoms. The quantitative estimate of drug-likeness (QED) is 0.622. The van der Waals surface area contributed by atoms with Crippen molar-refractivity contribution < 1.29 is 27.4 Å². The molecule has 0 saturated carbocycles. The van der Waals surface area contributed by atoms with Crippen LogP contribution < -0.4 is 4.74 Å².